The van der Waals surface area contributed by atoms with Crippen molar-refractivity contribution in [3.63, 3.8) is 0 Å². The molecule has 0 unspecified atom stereocenters. The molecule has 0 spiro atoms. The van der Waals surface area contributed by atoms with E-state index in [0.717, 1.165) is 38.5 Å². The lowest BCUT2D eigenvalue weighted by molar-refractivity contribution is -0.160. The van der Waals surface area contributed by atoms with Gasteiger partial charge < -0.3 is 5.11 Å². The average Bonchev–Trinajstić information content (AvgIpc) is 2.81. The third-order valence-electron chi connectivity index (χ3n) is 8.70. The maximum absolute atomic E-state index is 12.2. The molecule has 3 heteroatoms. The molecule has 0 amide bonds. The molecule has 0 radical (unpaired) electrons. The van der Waals surface area contributed by atoms with Gasteiger partial charge in [0.15, 0.2) is 11.6 Å². The Kier molecular flexibility index (Phi) is 3.46. The van der Waals surface area contributed by atoms with E-state index in [0.29, 0.717) is 36.4 Å². The first-order valence-corrected chi connectivity index (χ1v) is 9.70. The van der Waals surface area contributed by atoms with Gasteiger partial charge in [-0.3, -0.25) is 9.59 Å². The molecule has 0 bridgehead atoms. The fourth-order valence-electron chi connectivity index (χ4n) is 7.15. The van der Waals surface area contributed by atoms with Crippen molar-refractivity contribution in [3.05, 3.63) is 11.6 Å². The Morgan fingerprint density at radius 1 is 1.08 bits per heavy atom. The average molecular weight is 330 g/mol. The molecule has 4 rings (SSSR count). The molecule has 0 aromatic heterocycles. The second-order valence-corrected chi connectivity index (χ2v) is 9.38. The predicted molar refractivity (Wildman–Crippen MR) is 92.3 cm³/mol. The van der Waals surface area contributed by atoms with E-state index in [9.17, 15) is 14.7 Å². The van der Waals surface area contributed by atoms with Gasteiger partial charge in [0.05, 0.1) is 0 Å². The van der Waals surface area contributed by atoms with Crippen LogP contribution in [0.25, 0.3) is 0 Å². The molecule has 0 aliphatic heterocycles. The zero-order valence-corrected chi connectivity index (χ0v) is 15.2. The maximum atomic E-state index is 12.2. The zero-order chi connectivity index (χ0) is 17.3. The number of rotatable bonds is 1. The molecular formula is C21H30O3. The van der Waals surface area contributed by atoms with Crippen molar-refractivity contribution >= 4 is 11.6 Å². The maximum Gasteiger partial charge on any atom is 0.161 e. The molecule has 3 nitrogen and oxygen atoms in total. The van der Waals surface area contributed by atoms with Gasteiger partial charge in [0.2, 0.25) is 0 Å². The molecule has 0 saturated heterocycles. The summed E-state index contributed by atoms with van der Waals surface area (Å²) in [6.07, 6.45) is 9.37. The summed E-state index contributed by atoms with van der Waals surface area (Å²) in [7, 11) is 0. The van der Waals surface area contributed by atoms with Crippen LogP contribution in [0.15, 0.2) is 11.6 Å². The minimum Gasteiger partial charge on any atom is -0.382 e. The third kappa shape index (κ3) is 1.88. The summed E-state index contributed by atoms with van der Waals surface area (Å²) in [5.74, 6) is 1.90. The van der Waals surface area contributed by atoms with Crippen LogP contribution in [-0.4, -0.2) is 22.3 Å². The van der Waals surface area contributed by atoms with E-state index in [1.807, 2.05) is 6.08 Å². The fraction of sp³-hybridized carbons (Fsp3) is 0.810. The Labute approximate surface area is 144 Å². The number of allylic oxidation sites excluding steroid dienone is 1. The van der Waals surface area contributed by atoms with Crippen LogP contribution in [0.4, 0.5) is 0 Å². The minimum absolute atomic E-state index is 0.0446. The van der Waals surface area contributed by atoms with E-state index in [1.165, 1.54) is 5.57 Å². The van der Waals surface area contributed by atoms with Crippen LogP contribution >= 0.6 is 0 Å². The van der Waals surface area contributed by atoms with Gasteiger partial charge in [-0.05, 0) is 81.1 Å². The quantitative estimate of drug-likeness (QED) is 0.795. The Morgan fingerprint density at radius 3 is 2.50 bits per heavy atom. The second-order valence-electron chi connectivity index (χ2n) is 9.38. The summed E-state index contributed by atoms with van der Waals surface area (Å²) in [6, 6.07) is 0. The first-order chi connectivity index (χ1) is 11.2. The second kappa shape index (κ2) is 5.03. The highest BCUT2D eigenvalue weighted by molar-refractivity contribution is 5.91. The summed E-state index contributed by atoms with van der Waals surface area (Å²) in [5, 5.41) is 11.1. The molecule has 4 aliphatic carbocycles. The van der Waals surface area contributed by atoms with E-state index in [2.05, 4.69) is 13.8 Å². The highest BCUT2D eigenvalue weighted by atomic mass is 16.3. The summed E-state index contributed by atoms with van der Waals surface area (Å²) < 4.78 is 0. The van der Waals surface area contributed by atoms with Crippen LogP contribution < -0.4 is 0 Å². The predicted octanol–water partition coefficient (Wildman–Crippen LogP) is 3.84. The van der Waals surface area contributed by atoms with Gasteiger partial charge in [-0.1, -0.05) is 19.4 Å². The van der Waals surface area contributed by atoms with Gasteiger partial charge in [-0.2, -0.15) is 0 Å². The van der Waals surface area contributed by atoms with Crippen LogP contribution in [0.1, 0.15) is 72.1 Å². The van der Waals surface area contributed by atoms with Gasteiger partial charge >= 0.3 is 0 Å². The van der Waals surface area contributed by atoms with Crippen molar-refractivity contribution < 1.29 is 14.7 Å². The SMILES string of the molecule is CC(=O)[C@@]1(O)CC[C@@H]2[C@H]3CCC4=CC(=O)CC[C@]4(C)[C@@H]3CC[C@@]21C. The summed E-state index contributed by atoms with van der Waals surface area (Å²) in [6.45, 7) is 6.10. The number of hydrogen-bond donors (Lipinski definition) is 1. The number of hydrogen-bond acceptors (Lipinski definition) is 3. The van der Waals surface area contributed by atoms with E-state index in [1.54, 1.807) is 6.92 Å². The highest BCUT2D eigenvalue weighted by Crippen LogP contribution is 2.67. The fourth-order valence-corrected chi connectivity index (χ4v) is 7.15. The Morgan fingerprint density at radius 2 is 1.79 bits per heavy atom. The van der Waals surface area contributed by atoms with E-state index >= 15 is 0 Å². The molecule has 3 saturated carbocycles. The number of carbonyl (C=O) groups excluding carboxylic acids is 2. The van der Waals surface area contributed by atoms with Crippen LogP contribution in [0.2, 0.25) is 0 Å². The Balaban J connectivity index is 1.70. The van der Waals surface area contributed by atoms with Gasteiger partial charge in [-0.15, -0.1) is 0 Å². The van der Waals surface area contributed by atoms with Crippen LogP contribution in [0, 0.1) is 28.6 Å². The van der Waals surface area contributed by atoms with Crippen molar-refractivity contribution in [1.82, 2.24) is 0 Å². The smallest absolute Gasteiger partial charge is 0.161 e. The van der Waals surface area contributed by atoms with Gasteiger partial charge in [-0.25, -0.2) is 0 Å². The van der Waals surface area contributed by atoms with E-state index < -0.39 is 5.60 Å². The first-order valence-electron chi connectivity index (χ1n) is 9.70. The molecule has 0 aromatic rings. The standard InChI is InChI=1S/C21H30O3/c1-13(22)21(24)11-8-18-16-5-4-14-12-15(23)6-9-19(14,2)17(16)7-10-20(18,21)3/h12,16-18,24H,4-11H2,1-3H3/t16-,17+,18+,19-,20-,21-/m0/s1. The molecule has 1 N–H and O–H groups in total. The van der Waals surface area contributed by atoms with Crippen molar-refractivity contribution in [3.8, 4) is 0 Å². The lowest BCUT2D eigenvalue weighted by atomic mass is 9.46. The Bertz CT molecular complexity index is 635. The topological polar surface area (TPSA) is 54.4 Å². The molecule has 0 heterocycles. The van der Waals surface area contributed by atoms with Crippen molar-refractivity contribution in [1.29, 1.82) is 0 Å². The lowest BCUT2D eigenvalue weighted by Gasteiger charge is -2.58. The zero-order valence-electron chi connectivity index (χ0n) is 15.2. The monoisotopic (exact) mass is 330 g/mol. The number of Topliss-reactive ketones (excluding diaryl/α,β-unsaturated/α-hetero) is 1. The number of carbonyl (C=O) groups is 2. The van der Waals surface area contributed by atoms with Crippen LogP contribution in [0.3, 0.4) is 0 Å². The number of fused-ring (bicyclic) bond motifs is 5. The molecular weight excluding hydrogens is 300 g/mol. The highest BCUT2D eigenvalue weighted by Gasteiger charge is 2.65. The van der Waals surface area contributed by atoms with Crippen molar-refractivity contribution in [2.24, 2.45) is 28.6 Å². The summed E-state index contributed by atoms with van der Waals surface area (Å²) in [4.78, 5) is 24.1. The molecule has 132 valence electrons. The number of aliphatic hydroxyl groups is 1. The van der Waals surface area contributed by atoms with Crippen LogP contribution in [-0.2, 0) is 9.59 Å². The molecule has 6 atom stereocenters. The first kappa shape index (κ1) is 16.5. The van der Waals surface area contributed by atoms with Gasteiger partial charge in [0, 0.05) is 11.8 Å². The van der Waals surface area contributed by atoms with Crippen molar-refractivity contribution in [2.45, 2.75) is 77.7 Å². The van der Waals surface area contributed by atoms with Gasteiger partial charge in [0.25, 0.3) is 0 Å². The normalized spacial score (nSPS) is 50.6. The third-order valence-corrected chi connectivity index (χ3v) is 8.70. The van der Waals surface area contributed by atoms with Crippen LogP contribution in [0.5, 0.6) is 0 Å². The van der Waals surface area contributed by atoms with Gasteiger partial charge in [0.1, 0.15) is 5.60 Å². The van der Waals surface area contributed by atoms with E-state index in [-0.39, 0.29) is 16.6 Å². The van der Waals surface area contributed by atoms with E-state index in [4.69, 9.17) is 0 Å². The molecule has 3 fully saturated rings. The number of ketones is 2. The largest absolute Gasteiger partial charge is 0.382 e. The molecule has 24 heavy (non-hydrogen) atoms. The summed E-state index contributed by atoms with van der Waals surface area (Å²) in [5.41, 5.74) is 0.155. The lowest BCUT2D eigenvalue weighted by Crippen LogP contribution is -2.57. The molecule has 4 aliphatic rings. The summed E-state index contributed by atoms with van der Waals surface area (Å²) >= 11 is 0. The van der Waals surface area contributed by atoms with Crippen molar-refractivity contribution in [2.75, 3.05) is 0 Å². The Hall–Kier alpha value is -0.960. The molecule has 0 aromatic carbocycles. The minimum atomic E-state index is -1.12.